The zero-order valence-corrected chi connectivity index (χ0v) is 12.3. The third-order valence-electron chi connectivity index (χ3n) is 4.63. The fourth-order valence-corrected chi connectivity index (χ4v) is 4.56. The van der Waals surface area contributed by atoms with Crippen LogP contribution in [0.25, 0.3) is 0 Å². The van der Waals surface area contributed by atoms with Crippen molar-refractivity contribution < 1.29 is 4.39 Å². The second-order valence-electron chi connectivity index (χ2n) is 5.73. The Labute approximate surface area is 119 Å². The molecule has 3 rings (SSSR count). The van der Waals surface area contributed by atoms with Gasteiger partial charge in [0.2, 0.25) is 0 Å². The number of hydrogen-bond acceptors (Lipinski definition) is 2. The Balaban J connectivity index is 1.73. The summed E-state index contributed by atoms with van der Waals surface area (Å²) in [4.78, 5) is 0. The Morgan fingerprint density at radius 3 is 2.89 bits per heavy atom. The SMILES string of the molecule is CSC1CCCCC1NC1CCc2c(F)cccc21. The maximum atomic E-state index is 13.8. The molecule has 2 aliphatic carbocycles. The summed E-state index contributed by atoms with van der Waals surface area (Å²) in [5, 5.41) is 4.54. The predicted molar refractivity (Wildman–Crippen MR) is 80.2 cm³/mol. The van der Waals surface area contributed by atoms with Gasteiger partial charge < -0.3 is 5.32 Å². The van der Waals surface area contributed by atoms with Gasteiger partial charge in [0.15, 0.2) is 0 Å². The summed E-state index contributed by atoms with van der Waals surface area (Å²) in [7, 11) is 0. The van der Waals surface area contributed by atoms with E-state index in [4.69, 9.17) is 0 Å². The first-order valence-corrected chi connectivity index (χ1v) is 8.64. The van der Waals surface area contributed by atoms with Crippen LogP contribution >= 0.6 is 11.8 Å². The molecule has 104 valence electrons. The standard InChI is InChI=1S/C16H22FNS/c1-19-16-8-3-2-7-15(16)18-14-10-9-11-12(14)5-4-6-13(11)17/h4-6,14-16,18H,2-3,7-10H2,1H3. The lowest BCUT2D eigenvalue weighted by atomic mass is 9.93. The molecule has 1 aromatic carbocycles. The van der Waals surface area contributed by atoms with Crippen LogP contribution in [0.4, 0.5) is 4.39 Å². The van der Waals surface area contributed by atoms with E-state index in [2.05, 4.69) is 17.6 Å². The first-order valence-electron chi connectivity index (χ1n) is 7.35. The molecule has 1 aromatic rings. The van der Waals surface area contributed by atoms with Gasteiger partial charge in [-0.25, -0.2) is 4.39 Å². The van der Waals surface area contributed by atoms with Gasteiger partial charge in [0, 0.05) is 17.3 Å². The Morgan fingerprint density at radius 2 is 2.05 bits per heavy atom. The summed E-state index contributed by atoms with van der Waals surface area (Å²) in [6, 6.07) is 6.50. The van der Waals surface area contributed by atoms with Crippen LogP contribution in [0.3, 0.4) is 0 Å². The highest BCUT2D eigenvalue weighted by molar-refractivity contribution is 7.99. The summed E-state index contributed by atoms with van der Waals surface area (Å²) in [6.07, 6.45) is 9.43. The second-order valence-corrected chi connectivity index (χ2v) is 6.81. The molecule has 1 nitrogen and oxygen atoms in total. The average Bonchev–Trinajstić information content (AvgIpc) is 2.84. The molecule has 1 N–H and O–H groups in total. The van der Waals surface area contributed by atoms with Crippen molar-refractivity contribution in [3.8, 4) is 0 Å². The number of rotatable bonds is 3. The summed E-state index contributed by atoms with van der Waals surface area (Å²) < 4.78 is 13.8. The van der Waals surface area contributed by atoms with Crippen molar-refractivity contribution in [3.63, 3.8) is 0 Å². The number of fused-ring (bicyclic) bond motifs is 1. The number of benzene rings is 1. The number of hydrogen-bond donors (Lipinski definition) is 1. The van der Waals surface area contributed by atoms with Crippen molar-refractivity contribution in [1.82, 2.24) is 5.32 Å². The number of halogens is 1. The highest BCUT2D eigenvalue weighted by Gasteiger charge is 2.30. The van der Waals surface area contributed by atoms with Crippen molar-refractivity contribution in [2.45, 2.75) is 55.9 Å². The third-order valence-corrected chi connectivity index (χ3v) is 5.80. The van der Waals surface area contributed by atoms with Crippen molar-refractivity contribution in [2.24, 2.45) is 0 Å². The highest BCUT2D eigenvalue weighted by Crippen LogP contribution is 2.35. The summed E-state index contributed by atoms with van der Waals surface area (Å²) in [5.41, 5.74) is 2.14. The van der Waals surface area contributed by atoms with Crippen LogP contribution in [0.5, 0.6) is 0 Å². The van der Waals surface area contributed by atoms with Crippen LogP contribution in [-0.4, -0.2) is 17.5 Å². The molecule has 0 aromatic heterocycles. The van der Waals surface area contributed by atoms with Gasteiger partial charge in [-0.15, -0.1) is 0 Å². The average molecular weight is 279 g/mol. The first kappa shape index (κ1) is 13.4. The van der Waals surface area contributed by atoms with E-state index in [0.29, 0.717) is 12.1 Å². The molecule has 3 heteroatoms. The summed E-state index contributed by atoms with van der Waals surface area (Å²) in [5.74, 6) is -0.0214. The molecule has 19 heavy (non-hydrogen) atoms. The lowest BCUT2D eigenvalue weighted by Crippen LogP contribution is -2.41. The van der Waals surface area contributed by atoms with Crippen LogP contribution in [0.1, 0.15) is 49.3 Å². The topological polar surface area (TPSA) is 12.0 Å². The van der Waals surface area contributed by atoms with Crippen LogP contribution in [0.15, 0.2) is 18.2 Å². The van der Waals surface area contributed by atoms with Gasteiger partial charge in [-0.05, 0) is 49.1 Å². The molecule has 3 atom stereocenters. The molecule has 0 bridgehead atoms. The molecule has 0 spiro atoms. The van der Waals surface area contributed by atoms with Gasteiger partial charge in [0.05, 0.1) is 0 Å². The molecule has 0 heterocycles. The molecule has 0 aliphatic heterocycles. The Morgan fingerprint density at radius 1 is 1.21 bits per heavy atom. The third kappa shape index (κ3) is 2.68. The minimum Gasteiger partial charge on any atom is -0.306 e. The second kappa shape index (κ2) is 5.84. The lowest BCUT2D eigenvalue weighted by Gasteiger charge is -2.33. The van der Waals surface area contributed by atoms with Crippen molar-refractivity contribution in [3.05, 3.63) is 35.1 Å². The first-order chi connectivity index (χ1) is 9.29. The van der Waals surface area contributed by atoms with E-state index in [1.165, 1.54) is 31.2 Å². The van der Waals surface area contributed by atoms with Gasteiger partial charge in [0.1, 0.15) is 5.82 Å². The fraction of sp³-hybridized carbons (Fsp3) is 0.625. The predicted octanol–water partition coefficient (Wildman–Crippen LogP) is 4.08. The molecular formula is C16H22FNS. The van der Waals surface area contributed by atoms with Crippen molar-refractivity contribution in [1.29, 1.82) is 0 Å². The van der Waals surface area contributed by atoms with E-state index in [1.807, 2.05) is 17.8 Å². The van der Waals surface area contributed by atoms with E-state index in [1.54, 1.807) is 6.07 Å². The molecule has 0 saturated heterocycles. The molecular weight excluding hydrogens is 257 g/mol. The van der Waals surface area contributed by atoms with Crippen LogP contribution in [-0.2, 0) is 6.42 Å². The van der Waals surface area contributed by atoms with Gasteiger partial charge in [-0.2, -0.15) is 11.8 Å². The Bertz CT molecular complexity index is 448. The van der Waals surface area contributed by atoms with Gasteiger partial charge in [0.25, 0.3) is 0 Å². The molecule has 0 amide bonds. The van der Waals surface area contributed by atoms with Crippen LogP contribution < -0.4 is 5.32 Å². The van der Waals surface area contributed by atoms with Crippen molar-refractivity contribution in [2.75, 3.05) is 6.26 Å². The monoisotopic (exact) mass is 279 g/mol. The van der Waals surface area contributed by atoms with Gasteiger partial charge >= 0.3 is 0 Å². The molecule has 1 saturated carbocycles. The van der Waals surface area contributed by atoms with E-state index in [9.17, 15) is 4.39 Å². The Hall–Kier alpha value is -0.540. The van der Waals surface area contributed by atoms with Gasteiger partial charge in [-0.1, -0.05) is 25.0 Å². The minimum absolute atomic E-state index is 0.0214. The molecule has 3 unspecified atom stereocenters. The van der Waals surface area contributed by atoms with E-state index in [0.717, 1.165) is 23.7 Å². The summed E-state index contributed by atoms with van der Waals surface area (Å²) in [6.45, 7) is 0. The fourth-order valence-electron chi connectivity index (χ4n) is 3.61. The maximum Gasteiger partial charge on any atom is 0.126 e. The van der Waals surface area contributed by atoms with Crippen LogP contribution in [0, 0.1) is 5.82 Å². The largest absolute Gasteiger partial charge is 0.306 e. The van der Waals surface area contributed by atoms with Gasteiger partial charge in [-0.3, -0.25) is 0 Å². The molecule has 1 fully saturated rings. The van der Waals surface area contributed by atoms with Crippen LogP contribution in [0.2, 0.25) is 0 Å². The van der Waals surface area contributed by atoms with E-state index >= 15 is 0 Å². The zero-order chi connectivity index (χ0) is 13.2. The van der Waals surface area contributed by atoms with E-state index in [-0.39, 0.29) is 5.82 Å². The smallest absolute Gasteiger partial charge is 0.126 e. The molecule has 0 radical (unpaired) electrons. The number of nitrogens with one attached hydrogen (secondary N) is 1. The summed E-state index contributed by atoms with van der Waals surface area (Å²) >= 11 is 1.99. The normalized spacial score (nSPS) is 30.3. The quantitative estimate of drug-likeness (QED) is 0.895. The highest BCUT2D eigenvalue weighted by atomic mass is 32.2. The maximum absolute atomic E-state index is 13.8. The number of thioether (sulfide) groups is 1. The Kier molecular flexibility index (Phi) is 4.13. The zero-order valence-electron chi connectivity index (χ0n) is 11.5. The minimum atomic E-state index is -0.0214. The lowest BCUT2D eigenvalue weighted by molar-refractivity contribution is 0.346. The molecule has 2 aliphatic rings. The van der Waals surface area contributed by atoms with Crippen molar-refractivity contribution >= 4 is 11.8 Å². The van der Waals surface area contributed by atoms with E-state index < -0.39 is 0 Å².